The van der Waals surface area contributed by atoms with Crippen LogP contribution in [0.3, 0.4) is 0 Å². The normalized spacial score (nSPS) is 13.8. The number of aromatic nitrogens is 3. The average Bonchev–Trinajstić information content (AvgIpc) is 3.28. The predicted octanol–water partition coefficient (Wildman–Crippen LogP) is 4.45. The molecule has 1 saturated heterocycles. The fraction of sp³-hybridized carbons (Fsp3) is 0.375. The molecule has 0 atom stereocenters. The second-order valence-corrected chi connectivity index (χ2v) is 8.47. The van der Waals surface area contributed by atoms with Crippen molar-refractivity contribution in [1.29, 1.82) is 0 Å². The minimum absolute atomic E-state index is 0.152. The first-order chi connectivity index (χ1) is 15.7. The van der Waals surface area contributed by atoms with Crippen LogP contribution in [0.25, 0.3) is 17.1 Å². The van der Waals surface area contributed by atoms with E-state index in [2.05, 4.69) is 10.2 Å². The van der Waals surface area contributed by atoms with Crippen molar-refractivity contribution in [3.8, 4) is 28.6 Å². The van der Waals surface area contributed by atoms with Crippen molar-refractivity contribution < 1.29 is 14.3 Å². The summed E-state index contributed by atoms with van der Waals surface area (Å²) >= 11 is 1.42. The molecule has 0 spiro atoms. The number of hydrogen-bond donors (Lipinski definition) is 0. The minimum atomic E-state index is 0.152. The second kappa shape index (κ2) is 10.5. The summed E-state index contributed by atoms with van der Waals surface area (Å²) in [6.07, 6.45) is 3.37. The molecule has 1 aliphatic heterocycles. The molecule has 2 heterocycles. The Balaban J connectivity index is 1.64. The zero-order valence-corrected chi connectivity index (χ0v) is 19.3. The fourth-order valence-corrected chi connectivity index (χ4v) is 4.62. The highest BCUT2D eigenvalue weighted by molar-refractivity contribution is 7.99. The van der Waals surface area contributed by atoms with Crippen LogP contribution in [-0.4, -0.2) is 58.1 Å². The van der Waals surface area contributed by atoms with Gasteiger partial charge >= 0.3 is 0 Å². The topological polar surface area (TPSA) is 69.5 Å². The van der Waals surface area contributed by atoms with Gasteiger partial charge in [0.2, 0.25) is 5.91 Å². The number of hydrogen-bond acceptors (Lipinski definition) is 6. The summed E-state index contributed by atoms with van der Waals surface area (Å²) in [5, 5.41) is 9.58. The Morgan fingerprint density at radius 3 is 2.53 bits per heavy atom. The Kier molecular flexibility index (Phi) is 7.32. The third-order valence-corrected chi connectivity index (χ3v) is 6.31. The zero-order chi connectivity index (χ0) is 22.3. The number of thioether (sulfide) groups is 1. The summed E-state index contributed by atoms with van der Waals surface area (Å²) in [4.78, 5) is 14.7. The van der Waals surface area contributed by atoms with E-state index in [0.29, 0.717) is 23.3 Å². The van der Waals surface area contributed by atoms with Gasteiger partial charge in [-0.3, -0.25) is 9.36 Å². The van der Waals surface area contributed by atoms with Crippen LogP contribution in [0.4, 0.5) is 0 Å². The monoisotopic (exact) mass is 452 g/mol. The molecule has 2 aromatic carbocycles. The van der Waals surface area contributed by atoms with E-state index in [1.54, 1.807) is 7.11 Å². The van der Waals surface area contributed by atoms with Crippen LogP contribution in [0.1, 0.15) is 26.2 Å². The molecule has 0 radical (unpaired) electrons. The third-order valence-electron chi connectivity index (χ3n) is 5.40. The molecule has 0 aliphatic carbocycles. The quantitative estimate of drug-likeness (QED) is 0.471. The molecule has 1 amide bonds. The van der Waals surface area contributed by atoms with Gasteiger partial charge in [-0.2, -0.15) is 0 Å². The maximum absolute atomic E-state index is 12.7. The summed E-state index contributed by atoms with van der Waals surface area (Å²) in [5.41, 5.74) is 1.80. The summed E-state index contributed by atoms with van der Waals surface area (Å²) in [6, 6.07) is 15.6. The molecule has 168 valence electrons. The van der Waals surface area contributed by atoms with E-state index in [-0.39, 0.29) is 5.91 Å². The number of amides is 1. The van der Waals surface area contributed by atoms with Gasteiger partial charge in [0, 0.05) is 24.3 Å². The van der Waals surface area contributed by atoms with Crippen LogP contribution in [0.5, 0.6) is 11.5 Å². The number of nitrogens with zero attached hydrogens (tertiary/aromatic N) is 4. The zero-order valence-electron chi connectivity index (χ0n) is 18.5. The summed E-state index contributed by atoms with van der Waals surface area (Å²) < 4.78 is 13.0. The Bertz CT molecular complexity index is 1050. The van der Waals surface area contributed by atoms with Gasteiger partial charge in [0.25, 0.3) is 0 Å². The lowest BCUT2D eigenvalue weighted by atomic mass is 10.1. The molecule has 32 heavy (non-hydrogen) atoms. The van der Waals surface area contributed by atoms with E-state index in [9.17, 15) is 4.79 Å². The lowest BCUT2D eigenvalue weighted by Gasteiger charge is -2.26. The molecule has 4 rings (SSSR count). The maximum atomic E-state index is 12.7. The van der Waals surface area contributed by atoms with Crippen LogP contribution in [0.2, 0.25) is 0 Å². The molecule has 0 unspecified atom stereocenters. The summed E-state index contributed by atoms with van der Waals surface area (Å²) in [7, 11) is 1.64. The van der Waals surface area contributed by atoms with Crippen molar-refractivity contribution in [3.05, 3.63) is 48.5 Å². The van der Waals surface area contributed by atoms with Crippen LogP contribution < -0.4 is 9.47 Å². The number of carbonyl (C=O) groups is 1. The molecule has 1 aromatic heterocycles. The molecule has 0 saturated carbocycles. The standard InChI is InChI=1S/C24H28N4O3S/c1-3-31-20-12-10-19(11-13-20)28-23(18-8-7-9-21(16-18)30-2)25-26-24(28)32-17-22(29)27-14-5-4-6-15-27/h7-13,16H,3-6,14-15,17H2,1-2H3. The maximum Gasteiger partial charge on any atom is 0.233 e. The van der Waals surface area contributed by atoms with E-state index >= 15 is 0 Å². The Morgan fingerprint density at radius 1 is 1.03 bits per heavy atom. The van der Waals surface area contributed by atoms with Gasteiger partial charge in [0.05, 0.1) is 19.5 Å². The van der Waals surface area contributed by atoms with Gasteiger partial charge < -0.3 is 14.4 Å². The first-order valence-electron chi connectivity index (χ1n) is 10.9. The van der Waals surface area contributed by atoms with Gasteiger partial charge in [0.1, 0.15) is 11.5 Å². The lowest BCUT2D eigenvalue weighted by Crippen LogP contribution is -2.36. The van der Waals surface area contributed by atoms with E-state index in [1.807, 2.05) is 64.9 Å². The van der Waals surface area contributed by atoms with Crippen molar-refractivity contribution in [2.45, 2.75) is 31.3 Å². The number of likely N-dealkylation sites (tertiary alicyclic amines) is 1. The first-order valence-corrected chi connectivity index (χ1v) is 11.9. The lowest BCUT2D eigenvalue weighted by molar-refractivity contribution is -0.129. The summed E-state index contributed by atoms with van der Waals surface area (Å²) in [6.45, 7) is 4.27. The number of piperidine rings is 1. The molecule has 1 aliphatic rings. The van der Waals surface area contributed by atoms with Crippen LogP contribution in [0, 0.1) is 0 Å². The van der Waals surface area contributed by atoms with E-state index in [0.717, 1.165) is 48.7 Å². The van der Waals surface area contributed by atoms with E-state index in [4.69, 9.17) is 9.47 Å². The van der Waals surface area contributed by atoms with Gasteiger partial charge in [-0.05, 0) is 62.6 Å². The highest BCUT2D eigenvalue weighted by atomic mass is 32.2. The smallest absolute Gasteiger partial charge is 0.233 e. The SMILES string of the molecule is CCOc1ccc(-n2c(SCC(=O)N3CCCCC3)nnc2-c2cccc(OC)c2)cc1. The highest BCUT2D eigenvalue weighted by Crippen LogP contribution is 2.30. The molecule has 0 N–H and O–H groups in total. The van der Waals surface area contributed by atoms with Crippen molar-refractivity contribution in [2.75, 3.05) is 32.6 Å². The first kappa shape index (κ1) is 22.2. The second-order valence-electron chi connectivity index (χ2n) is 7.53. The molecular formula is C24H28N4O3S. The van der Waals surface area contributed by atoms with Gasteiger partial charge in [0.15, 0.2) is 11.0 Å². The Labute approximate surface area is 192 Å². The van der Waals surface area contributed by atoms with Crippen LogP contribution >= 0.6 is 11.8 Å². The third kappa shape index (κ3) is 5.07. The Morgan fingerprint density at radius 2 is 1.81 bits per heavy atom. The highest BCUT2D eigenvalue weighted by Gasteiger charge is 2.21. The number of benzene rings is 2. The molecule has 0 bridgehead atoms. The van der Waals surface area contributed by atoms with Gasteiger partial charge in [-0.25, -0.2) is 0 Å². The van der Waals surface area contributed by atoms with E-state index < -0.39 is 0 Å². The molecular weight excluding hydrogens is 424 g/mol. The van der Waals surface area contributed by atoms with Gasteiger partial charge in [-0.1, -0.05) is 23.9 Å². The summed E-state index contributed by atoms with van der Waals surface area (Å²) in [5.74, 6) is 2.74. The molecule has 8 heteroatoms. The van der Waals surface area contributed by atoms with Gasteiger partial charge in [-0.15, -0.1) is 10.2 Å². The fourth-order valence-electron chi connectivity index (χ4n) is 3.76. The largest absolute Gasteiger partial charge is 0.497 e. The van der Waals surface area contributed by atoms with Crippen molar-refractivity contribution in [2.24, 2.45) is 0 Å². The molecule has 7 nitrogen and oxygen atoms in total. The molecule has 3 aromatic rings. The van der Waals surface area contributed by atoms with E-state index in [1.165, 1.54) is 18.2 Å². The predicted molar refractivity (Wildman–Crippen MR) is 126 cm³/mol. The Hall–Kier alpha value is -3.00. The number of ether oxygens (including phenoxy) is 2. The van der Waals surface area contributed by atoms with Crippen molar-refractivity contribution in [3.63, 3.8) is 0 Å². The number of rotatable bonds is 8. The molecule has 1 fully saturated rings. The van der Waals surface area contributed by atoms with Crippen molar-refractivity contribution in [1.82, 2.24) is 19.7 Å². The van der Waals surface area contributed by atoms with Crippen LogP contribution in [0.15, 0.2) is 53.7 Å². The minimum Gasteiger partial charge on any atom is -0.497 e. The average molecular weight is 453 g/mol. The van der Waals surface area contributed by atoms with Crippen LogP contribution in [-0.2, 0) is 4.79 Å². The number of methoxy groups -OCH3 is 1. The number of carbonyl (C=O) groups excluding carboxylic acids is 1. The van der Waals surface area contributed by atoms with Crippen molar-refractivity contribution >= 4 is 17.7 Å².